The van der Waals surface area contributed by atoms with Crippen molar-refractivity contribution in [2.75, 3.05) is 23.3 Å². The van der Waals surface area contributed by atoms with Gasteiger partial charge in [0.05, 0.1) is 11.6 Å². The van der Waals surface area contributed by atoms with Crippen LogP contribution in [0.3, 0.4) is 0 Å². The van der Waals surface area contributed by atoms with Gasteiger partial charge in [0, 0.05) is 29.9 Å². The molecule has 3 rings (SSSR count). The topological polar surface area (TPSA) is 61.4 Å². The lowest BCUT2D eigenvalue weighted by molar-refractivity contribution is -0.123. The van der Waals surface area contributed by atoms with Crippen molar-refractivity contribution in [2.24, 2.45) is 11.3 Å². The van der Waals surface area contributed by atoms with Gasteiger partial charge in [0.1, 0.15) is 0 Å². The van der Waals surface area contributed by atoms with Gasteiger partial charge < -0.3 is 15.5 Å². The second-order valence-corrected chi connectivity index (χ2v) is 9.71. The number of amides is 2. The first-order valence-corrected chi connectivity index (χ1v) is 11.2. The minimum atomic E-state index is -0.508. The summed E-state index contributed by atoms with van der Waals surface area (Å²) in [7, 11) is 0. The molecule has 1 aliphatic rings. The van der Waals surface area contributed by atoms with Crippen LogP contribution in [-0.2, 0) is 4.79 Å². The summed E-state index contributed by atoms with van der Waals surface area (Å²) in [4.78, 5) is 28.1. The molecule has 1 unspecified atom stereocenters. The van der Waals surface area contributed by atoms with Gasteiger partial charge in [-0.1, -0.05) is 58.0 Å². The fraction of sp³-hybridized carbons (Fsp3) is 0.462. The minimum absolute atomic E-state index is 0.0731. The van der Waals surface area contributed by atoms with E-state index < -0.39 is 5.41 Å². The third-order valence-electron chi connectivity index (χ3n) is 5.95. The SMILES string of the molecule is CC1CCN(c2ccc(NC(=O)C(C)(C)C)cc2C(=O)NC(C)c2ccccc2)CC1. The number of rotatable bonds is 5. The first-order valence-electron chi connectivity index (χ1n) is 11.2. The predicted octanol–water partition coefficient (Wildman–Crippen LogP) is 5.40. The van der Waals surface area contributed by atoms with E-state index in [0.29, 0.717) is 17.2 Å². The molecule has 2 amide bonds. The third kappa shape index (κ3) is 5.87. The van der Waals surface area contributed by atoms with Crippen LogP contribution >= 0.6 is 0 Å². The average molecular weight is 422 g/mol. The van der Waals surface area contributed by atoms with E-state index in [2.05, 4.69) is 22.5 Å². The van der Waals surface area contributed by atoms with E-state index >= 15 is 0 Å². The van der Waals surface area contributed by atoms with Crippen LogP contribution < -0.4 is 15.5 Å². The van der Waals surface area contributed by atoms with Gasteiger partial charge in [0.2, 0.25) is 5.91 Å². The van der Waals surface area contributed by atoms with Crippen LogP contribution in [0.4, 0.5) is 11.4 Å². The summed E-state index contributed by atoms with van der Waals surface area (Å²) in [5.74, 6) is 0.505. The maximum absolute atomic E-state index is 13.3. The molecule has 0 aromatic heterocycles. The molecule has 1 saturated heterocycles. The first kappa shape index (κ1) is 22.9. The van der Waals surface area contributed by atoms with Crippen LogP contribution in [0.1, 0.15) is 69.4 Å². The monoisotopic (exact) mass is 421 g/mol. The number of hydrogen-bond acceptors (Lipinski definition) is 3. The zero-order valence-electron chi connectivity index (χ0n) is 19.4. The van der Waals surface area contributed by atoms with Crippen LogP contribution in [0.5, 0.6) is 0 Å². The van der Waals surface area contributed by atoms with E-state index in [4.69, 9.17) is 0 Å². The van der Waals surface area contributed by atoms with Gasteiger partial charge in [0.25, 0.3) is 5.91 Å². The predicted molar refractivity (Wildman–Crippen MR) is 127 cm³/mol. The Labute approximate surface area is 186 Å². The first-order chi connectivity index (χ1) is 14.6. The van der Waals surface area contributed by atoms with Crippen LogP contribution in [0.2, 0.25) is 0 Å². The molecule has 2 N–H and O–H groups in total. The molecule has 1 heterocycles. The zero-order chi connectivity index (χ0) is 22.6. The molecule has 0 radical (unpaired) electrons. The summed E-state index contributed by atoms with van der Waals surface area (Å²) < 4.78 is 0. The van der Waals surface area contributed by atoms with E-state index in [9.17, 15) is 9.59 Å². The van der Waals surface area contributed by atoms with Crippen molar-refractivity contribution >= 4 is 23.2 Å². The Bertz CT molecular complexity index is 910. The number of nitrogens with one attached hydrogen (secondary N) is 2. The molecule has 5 nitrogen and oxygen atoms in total. The molecule has 166 valence electrons. The summed E-state index contributed by atoms with van der Waals surface area (Å²) in [5.41, 5.74) is 2.72. The van der Waals surface area contributed by atoms with Gasteiger partial charge in [-0.2, -0.15) is 0 Å². The van der Waals surface area contributed by atoms with Crippen LogP contribution in [0.15, 0.2) is 48.5 Å². The Hall–Kier alpha value is -2.82. The van der Waals surface area contributed by atoms with E-state index in [0.717, 1.165) is 37.2 Å². The van der Waals surface area contributed by atoms with Crippen molar-refractivity contribution in [1.29, 1.82) is 0 Å². The Kier molecular flexibility index (Phi) is 7.04. The van der Waals surface area contributed by atoms with Crippen LogP contribution in [0.25, 0.3) is 0 Å². The third-order valence-corrected chi connectivity index (χ3v) is 5.95. The number of carbonyl (C=O) groups excluding carboxylic acids is 2. The lowest BCUT2D eigenvalue weighted by atomic mass is 9.95. The van der Waals surface area contributed by atoms with Crippen molar-refractivity contribution in [1.82, 2.24) is 5.32 Å². The molecule has 1 fully saturated rings. The fourth-order valence-corrected chi connectivity index (χ4v) is 3.74. The normalized spacial score (nSPS) is 16.0. The maximum Gasteiger partial charge on any atom is 0.253 e. The summed E-state index contributed by atoms with van der Waals surface area (Å²) in [6.45, 7) is 11.8. The molecule has 0 spiro atoms. The highest BCUT2D eigenvalue weighted by Gasteiger charge is 2.25. The Morgan fingerprint density at radius 1 is 1.03 bits per heavy atom. The van der Waals surface area contributed by atoms with Crippen molar-refractivity contribution in [3.63, 3.8) is 0 Å². The number of hydrogen-bond donors (Lipinski definition) is 2. The highest BCUT2D eigenvalue weighted by Crippen LogP contribution is 2.30. The van der Waals surface area contributed by atoms with E-state index in [1.165, 1.54) is 0 Å². The van der Waals surface area contributed by atoms with Crippen LogP contribution in [0, 0.1) is 11.3 Å². The van der Waals surface area contributed by atoms with Crippen molar-refractivity contribution < 1.29 is 9.59 Å². The van der Waals surface area contributed by atoms with Gasteiger partial charge >= 0.3 is 0 Å². The summed E-state index contributed by atoms with van der Waals surface area (Å²) in [6, 6.07) is 15.5. The highest BCUT2D eigenvalue weighted by atomic mass is 16.2. The van der Waals surface area contributed by atoms with Gasteiger partial charge in [-0.3, -0.25) is 9.59 Å². The lowest BCUT2D eigenvalue weighted by Crippen LogP contribution is -2.35. The summed E-state index contributed by atoms with van der Waals surface area (Å²) >= 11 is 0. The second-order valence-electron chi connectivity index (χ2n) is 9.71. The molecule has 1 aliphatic heterocycles. The molecule has 1 atom stereocenters. The number of carbonyl (C=O) groups is 2. The smallest absolute Gasteiger partial charge is 0.253 e. The zero-order valence-corrected chi connectivity index (χ0v) is 19.4. The largest absolute Gasteiger partial charge is 0.371 e. The molecule has 2 aromatic carbocycles. The lowest BCUT2D eigenvalue weighted by Gasteiger charge is -2.33. The summed E-state index contributed by atoms with van der Waals surface area (Å²) in [5, 5.41) is 6.10. The highest BCUT2D eigenvalue weighted by molar-refractivity contribution is 6.02. The number of nitrogens with zero attached hydrogens (tertiary/aromatic N) is 1. The molecular weight excluding hydrogens is 386 g/mol. The van der Waals surface area contributed by atoms with E-state index in [-0.39, 0.29) is 17.9 Å². The number of piperidine rings is 1. The van der Waals surface area contributed by atoms with Gasteiger partial charge in [-0.25, -0.2) is 0 Å². The number of benzene rings is 2. The van der Waals surface area contributed by atoms with E-state index in [1.807, 2.05) is 76.2 Å². The molecule has 31 heavy (non-hydrogen) atoms. The maximum atomic E-state index is 13.3. The summed E-state index contributed by atoms with van der Waals surface area (Å²) in [6.07, 6.45) is 2.23. The Balaban J connectivity index is 1.88. The minimum Gasteiger partial charge on any atom is -0.371 e. The van der Waals surface area contributed by atoms with Gasteiger partial charge in [-0.05, 0) is 49.4 Å². The average Bonchev–Trinajstić information content (AvgIpc) is 2.74. The molecule has 5 heteroatoms. The molecule has 0 bridgehead atoms. The van der Waals surface area contributed by atoms with Crippen LogP contribution in [-0.4, -0.2) is 24.9 Å². The van der Waals surface area contributed by atoms with Gasteiger partial charge in [-0.15, -0.1) is 0 Å². The van der Waals surface area contributed by atoms with Crippen molar-refractivity contribution in [3.8, 4) is 0 Å². The standard InChI is InChI=1S/C26H35N3O2/c1-18-13-15-29(16-14-18)23-12-11-21(28-25(31)26(3,4)5)17-22(23)24(30)27-19(2)20-9-7-6-8-10-20/h6-12,17-19H,13-16H2,1-5H3,(H,27,30)(H,28,31). The molecule has 0 saturated carbocycles. The quantitative estimate of drug-likeness (QED) is 0.680. The van der Waals surface area contributed by atoms with Crippen molar-refractivity contribution in [3.05, 3.63) is 59.7 Å². The molecular formula is C26H35N3O2. The number of anilines is 2. The van der Waals surface area contributed by atoms with Gasteiger partial charge in [0.15, 0.2) is 0 Å². The Morgan fingerprint density at radius 3 is 2.29 bits per heavy atom. The Morgan fingerprint density at radius 2 is 1.68 bits per heavy atom. The molecule has 2 aromatic rings. The van der Waals surface area contributed by atoms with Crippen molar-refractivity contribution in [2.45, 2.75) is 53.5 Å². The molecule has 0 aliphatic carbocycles. The fourth-order valence-electron chi connectivity index (χ4n) is 3.74. The second kappa shape index (κ2) is 9.54. The van der Waals surface area contributed by atoms with E-state index in [1.54, 1.807) is 0 Å².